The largest absolute Gasteiger partial charge is 0.455 e. The van der Waals surface area contributed by atoms with Crippen molar-refractivity contribution in [3.05, 3.63) is 28.6 Å². The third kappa shape index (κ3) is 2.63. The lowest BCUT2D eigenvalue weighted by Crippen LogP contribution is -2.24. The highest BCUT2D eigenvalue weighted by Gasteiger charge is 2.19. The third-order valence-electron chi connectivity index (χ3n) is 1.93. The summed E-state index contributed by atoms with van der Waals surface area (Å²) in [5.41, 5.74) is 0.338. The number of carbonyl (C=O) groups is 1. The number of aromatic nitrogens is 3. The molecule has 0 aliphatic carbocycles. The summed E-state index contributed by atoms with van der Waals surface area (Å²) in [5.74, 6) is -0.437. The number of rotatable bonds is 1. The Kier molecular flexibility index (Phi) is 2.91. The molecule has 0 N–H and O–H groups in total. The zero-order valence-corrected chi connectivity index (χ0v) is 11.4. The highest BCUT2D eigenvalue weighted by molar-refractivity contribution is 9.10. The summed E-state index contributed by atoms with van der Waals surface area (Å²) in [5, 5.41) is 4.05. The second-order valence-electron chi connectivity index (χ2n) is 4.58. The van der Waals surface area contributed by atoms with E-state index < -0.39 is 11.6 Å². The first-order valence-corrected chi connectivity index (χ1v) is 5.89. The second-order valence-corrected chi connectivity index (χ2v) is 5.43. The number of halogens is 1. The van der Waals surface area contributed by atoms with Crippen LogP contribution in [0.25, 0.3) is 5.65 Å². The smallest absolute Gasteiger partial charge is 0.357 e. The fraction of sp³-hybridized carbons (Fsp3) is 0.364. The van der Waals surface area contributed by atoms with Gasteiger partial charge in [0, 0.05) is 6.20 Å². The number of ether oxygens (including phenoxy) is 1. The topological polar surface area (TPSA) is 56.5 Å². The summed E-state index contributed by atoms with van der Waals surface area (Å²) in [4.78, 5) is 16.0. The number of fused-ring (bicyclic) bond motifs is 1. The molecule has 0 unspecified atom stereocenters. The first kappa shape index (κ1) is 12.0. The van der Waals surface area contributed by atoms with Gasteiger partial charge in [0.25, 0.3) is 0 Å². The molecule has 0 radical (unpaired) electrons. The van der Waals surface area contributed by atoms with Gasteiger partial charge in [0.05, 0.1) is 10.7 Å². The average molecular weight is 298 g/mol. The Balaban J connectivity index is 2.36. The molecule has 0 aliphatic heterocycles. The molecule has 0 amide bonds. The summed E-state index contributed by atoms with van der Waals surface area (Å²) < 4.78 is 7.56. The molecule has 90 valence electrons. The highest BCUT2D eigenvalue weighted by Crippen LogP contribution is 2.16. The van der Waals surface area contributed by atoms with Crippen LogP contribution in [-0.4, -0.2) is 26.2 Å². The van der Waals surface area contributed by atoms with E-state index in [1.54, 1.807) is 23.0 Å². The van der Waals surface area contributed by atoms with Crippen LogP contribution in [-0.2, 0) is 4.74 Å². The van der Waals surface area contributed by atoms with E-state index in [9.17, 15) is 4.79 Å². The Bertz CT molecular complexity index is 572. The van der Waals surface area contributed by atoms with Gasteiger partial charge in [-0.05, 0) is 42.8 Å². The fourth-order valence-electron chi connectivity index (χ4n) is 1.29. The molecule has 0 spiro atoms. The SMILES string of the molecule is CC(C)(C)OC(=O)c1ccn2ncc(Br)c2n1. The van der Waals surface area contributed by atoms with Gasteiger partial charge in [0.1, 0.15) is 5.60 Å². The molecular formula is C11H12BrN3O2. The van der Waals surface area contributed by atoms with Crippen molar-refractivity contribution in [1.82, 2.24) is 14.6 Å². The summed E-state index contributed by atoms with van der Waals surface area (Å²) >= 11 is 3.31. The maximum atomic E-state index is 11.8. The predicted molar refractivity (Wildman–Crippen MR) is 65.9 cm³/mol. The van der Waals surface area contributed by atoms with Crippen molar-refractivity contribution < 1.29 is 9.53 Å². The van der Waals surface area contributed by atoms with Gasteiger partial charge in [0.15, 0.2) is 11.3 Å². The lowest BCUT2D eigenvalue weighted by Gasteiger charge is -2.18. The number of nitrogens with zero attached hydrogens (tertiary/aromatic N) is 3. The third-order valence-corrected chi connectivity index (χ3v) is 2.49. The average Bonchev–Trinajstić information content (AvgIpc) is 2.57. The van der Waals surface area contributed by atoms with Crippen LogP contribution in [0.1, 0.15) is 31.3 Å². The van der Waals surface area contributed by atoms with Gasteiger partial charge in [-0.15, -0.1) is 0 Å². The molecule has 0 fully saturated rings. The van der Waals surface area contributed by atoms with E-state index in [1.165, 1.54) is 0 Å². The van der Waals surface area contributed by atoms with Gasteiger partial charge < -0.3 is 4.74 Å². The second kappa shape index (κ2) is 4.10. The van der Waals surface area contributed by atoms with Crippen LogP contribution in [0, 0.1) is 0 Å². The summed E-state index contributed by atoms with van der Waals surface area (Å²) in [6.07, 6.45) is 3.30. The molecule has 2 aromatic rings. The first-order valence-electron chi connectivity index (χ1n) is 5.10. The van der Waals surface area contributed by atoms with E-state index in [0.717, 1.165) is 4.47 Å². The van der Waals surface area contributed by atoms with Crippen LogP contribution in [0.15, 0.2) is 22.9 Å². The van der Waals surface area contributed by atoms with Crippen LogP contribution >= 0.6 is 15.9 Å². The van der Waals surface area contributed by atoms with E-state index in [-0.39, 0.29) is 5.69 Å². The quantitative estimate of drug-likeness (QED) is 0.759. The van der Waals surface area contributed by atoms with Gasteiger partial charge in [0.2, 0.25) is 0 Å². The molecule has 0 bridgehead atoms. The molecule has 2 heterocycles. The minimum atomic E-state index is -0.525. The molecule has 2 aromatic heterocycles. The number of carbonyl (C=O) groups excluding carboxylic acids is 1. The van der Waals surface area contributed by atoms with Crippen molar-refractivity contribution in [3.8, 4) is 0 Å². The van der Waals surface area contributed by atoms with E-state index in [1.807, 2.05) is 20.8 Å². The Hall–Kier alpha value is -1.43. The van der Waals surface area contributed by atoms with Gasteiger partial charge in [-0.1, -0.05) is 0 Å². The van der Waals surface area contributed by atoms with Crippen molar-refractivity contribution in [3.63, 3.8) is 0 Å². The van der Waals surface area contributed by atoms with Crippen LogP contribution in [0.5, 0.6) is 0 Å². The van der Waals surface area contributed by atoms with Crippen molar-refractivity contribution in [2.24, 2.45) is 0 Å². The molecule has 0 saturated heterocycles. The van der Waals surface area contributed by atoms with E-state index in [4.69, 9.17) is 4.74 Å². The fourth-order valence-corrected chi connectivity index (χ4v) is 1.65. The van der Waals surface area contributed by atoms with Crippen LogP contribution in [0.2, 0.25) is 0 Å². The molecule has 0 atom stereocenters. The molecule has 6 heteroatoms. The molecule has 0 aromatic carbocycles. The predicted octanol–water partition coefficient (Wildman–Crippen LogP) is 2.45. The Morgan fingerprint density at radius 2 is 2.18 bits per heavy atom. The summed E-state index contributed by atoms with van der Waals surface area (Å²) in [7, 11) is 0. The molecule has 0 aliphatic rings. The van der Waals surface area contributed by atoms with Crippen molar-refractivity contribution in [1.29, 1.82) is 0 Å². The first-order chi connectivity index (χ1) is 7.87. The summed E-state index contributed by atoms with van der Waals surface area (Å²) in [6, 6.07) is 1.58. The standard InChI is InChI=1S/C11H12BrN3O2/c1-11(2,3)17-10(16)8-4-5-15-9(14-8)7(12)6-13-15/h4-6H,1-3H3. The molecule has 17 heavy (non-hydrogen) atoms. The molecular weight excluding hydrogens is 286 g/mol. The van der Waals surface area contributed by atoms with Gasteiger partial charge in [-0.2, -0.15) is 5.10 Å². The van der Waals surface area contributed by atoms with Gasteiger partial charge in [-0.3, -0.25) is 0 Å². The lowest BCUT2D eigenvalue weighted by molar-refractivity contribution is 0.00630. The maximum Gasteiger partial charge on any atom is 0.357 e. The summed E-state index contributed by atoms with van der Waals surface area (Å²) in [6.45, 7) is 5.45. The van der Waals surface area contributed by atoms with Crippen molar-refractivity contribution in [2.45, 2.75) is 26.4 Å². The van der Waals surface area contributed by atoms with Crippen LogP contribution < -0.4 is 0 Å². The Morgan fingerprint density at radius 1 is 1.47 bits per heavy atom. The van der Waals surface area contributed by atoms with Crippen molar-refractivity contribution >= 4 is 27.5 Å². The van der Waals surface area contributed by atoms with Crippen molar-refractivity contribution in [2.75, 3.05) is 0 Å². The number of hydrogen-bond donors (Lipinski definition) is 0. The van der Waals surface area contributed by atoms with Crippen LogP contribution in [0.3, 0.4) is 0 Å². The normalized spacial score (nSPS) is 11.8. The monoisotopic (exact) mass is 297 g/mol. The minimum absolute atomic E-state index is 0.272. The molecule has 2 rings (SSSR count). The number of esters is 1. The Morgan fingerprint density at radius 3 is 2.82 bits per heavy atom. The van der Waals surface area contributed by atoms with Gasteiger partial charge in [-0.25, -0.2) is 14.3 Å². The lowest BCUT2D eigenvalue weighted by atomic mass is 10.2. The zero-order chi connectivity index (χ0) is 12.6. The Labute approximate surface area is 107 Å². The highest BCUT2D eigenvalue weighted by atomic mass is 79.9. The van der Waals surface area contributed by atoms with Crippen LogP contribution in [0.4, 0.5) is 0 Å². The molecule has 0 saturated carbocycles. The molecule has 5 nitrogen and oxygen atoms in total. The van der Waals surface area contributed by atoms with E-state index in [0.29, 0.717) is 5.65 Å². The zero-order valence-electron chi connectivity index (χ0n) is 9.77. The maximum absolute atomic E-state index is 11.8. The van der Waals surface area contributed by atoms with E-state index >= 15 is 0 Å². The van der Waals surface area contributed by atoms with E-state index in [2.05, 4.69) is 26.0 Å². The van der Waals surface area contributed by atoms with Gasteiger partial charge >= 0.3 is 5.97 Å². The minimum Gasteiger partial charge on any atom is -0.455 e. The number of hydrogen-bond acceptors (Lipinski definition) is 4.